The smallest absolute Gasteiger partial charge is 0.0952 e. The highest BCUT2D eigenvalue weighted by atomic mass is 16.5. The minimum atomic E-state index is 0.263. The van der Waals surface area contributed by atoms with E-state index in [0.717, 1.165) is 32.0 Å². The molecule has 1 aliphatic carbocycles. The third-order valence-corrected chi connectivity index (χ3v) is 3.85. The van der Waals surface area contributed by atoms with E-state index >= 15 is 0 Å². The van der Waals surface area contributed by atoms with Gasteiger partial charge in [0, 0.05) is 6.54 Å². The zero-order valence-corrected chi connectivity index (χ0v) is 10.3. The summed E-state index contributed by atoms with van der Waals surface area (Å²) in [5.41, 5.74) is 2.85. The minimum Gasteiger partial charge on any atom is -0.372 e. The summed E-state index contributed by atoms with van der Waals surface area (Å²) in [6.07, 6.45) is 5.57. The lowest BCUT2D eigenvalue weighted by molar-refractivity contribution is 0.0426. The molecule has 92 valence electrons. The van der Waals surface area contributed by atoms with Gasteiger partial charge in [-0.3, -0.25) is 0 Å². The first-order valence-corrected chi connectivity index (χ1v) is 6.83. The number of nitrogens with one attached hydrogen (secondary N) is 1. The fraction of sp³-hybridized carbons (Fsp3) is 0.600. The van der Waals surface area contributed by atoms with Gasteiger partial charge in [0.05, 0.1) is 12.7 Å². The molecular weight excluding hydrogens is 210 g/mol. The lowest BCUT2D eigenvalue weighted by Crippen LogP contribution is -2.28. The number of rotatable bonds is 5. The molecule has 1 aromatic carbocycles. The Morgan fingerprint density at radius 2 is 2.12 bits per heavy atom. The molecule has 0 bridgehead atoms. The van der Waals surface area contributed by atoms with Crippen molar-refractivity contribution in [2.24, 2.45) is 5.92 Å². The third kappa shape index (κ3) is 2.88. The molecule has 1 atom stereocenters. The Labute approximate surface area is 103 Å². The molecule has 2 heteroatoms. The molecule has 0 saturated heterocycles. The third-order valence-electron chi connectivity index (χ3n) is 3.85. The Balaban J connectivity index is 1.52. The molecule has 17 heavy (non-hydrogen) atoms. The SMILES string of the molecule is c1ccc2c(c1)CCOC2CNCCC1CC1. The molecule has 0 radical (unpaired) electrons. The van der Waals surface area contributed by atoms with Crippen molar-refractivity contribution in [1.82, 2.24) is 5.32 Å². The predicted molar refractivity (Wildman–Crippen MR) is 69.0 cm³/mol. The minimum absolute atomic E-state index is 0.263. The van der Waals surface area contributed by atoms with Crippen LogP contribution in [0, 0.1) is 5.92 Å². The maximum absolute atomic E-state index is 5.86. The summed E-state index contributed by atoms with van der Waals surface area (Å²) in [4.78, 5) is 0. The van der Waals surface area contributed by atoms with Crippen molar-refractivity contribution < 1.29 is 4.74 Å². The second-order valence-corrected chi connectivity index (χ2v) is 5.24. The summed E-state index contributed by atoms with van der Waals surface area (Å²) in [6, 6.07) is 8.68. The van der Waals surface area contributed by atoms with E-state index < -0.39 is 0 Å². The molecule has 1 aromatic rings. The van der Waals surface area contributed by atoms with E-state index in [-0.39, 0.29) is 6.10 Å². The molecule has 2 nitrogen and oxygen atoms in total. The number of ether oxygens (including phenoxy) is 1. The fourth-order valence-corrected chi connectivity index (χ4v) is 2.59. The van der Waals surface area contributed by atoms with E-state index in [9.17, 15) is 0 Å². The topological polar surface area (TPSA) is 21.3 Å². The van der Waals surface area contributed by atoms with Crippen molar-refractivity contribution in [2.45, 2.75) is 31.8 Å². The van der Waals surface area contributed by atoms with E-state index in [1.54, 1.807) is 0 Å². The summed E-state index contributed by atoms with van der Waals surface area (Å²) >= 11 is 0. The average Bonchev–Trinajstić information content (AvgIpc) is 3.19. The fourth-order valence-electron chi connectivity index (χ4n) is 2.59. The lowest BCUT2D eigenvalue weighted by atomic mass is 9.97. The average molecular weight is 231 g/mol. The quantitative estimate of drug-likeness (QED) is 0.787. The Kier molecular flexibility index (Phi) is 3.44. The molecule has 1 fully saturated rings. The van der Waals surface area contributed by atoms with Crippen LogP contribution in [0.2, 0.25) is 0 Å². The van der Waals surface area contributed by atoms with Gasteiger partial charge in [0.15, 0.2) is 0 Å². The van der Waals surface area contributed by atoms with E-state index in [0.29, 0.717) is 0 Å². The molecule has 0 aromatic heterocycles. The van der Waals surface area contributed by atoms with Gasteiger partial charge in [-0.25, -0.2) is 0 Å². The van der Waals surface area contributed by atoms with Crippen LogP contribution in [0.5, 0.6) is 0 Å². The molecule has 3 rings (SSSR count). The van der Waals surface area contributed by atoms with Crippen LogP contribution in [0.3, 0.4) is 0 Å². The number of hydrogen-bond donors (Lipinski definition) is 1. The van der Waals surface area contributed by atoms with Crippen LogP contribution in [-0.4, -0.2) is 19.7 Å². The normalized spacial score (nSPS) is 23.4. The standard InChI is InChI=1S/C15H21NO/c1-2-4-14-13(3-1)8-10-17-15(14)11-16-9-7-12-5-6-12/h1-4,12,15-16H,5-11H2. The largest absolute Gasteiger partial charge is 0.372 e. The highest BCUT2D eigenvalue weighted by Gasteiger charge is 2.22. The van der Waals surface area contributed by atoms with Crippen molar-refractivity contribution in [3.8, 4) is 0 Å². The first-order valence-electron chi connectivity index (χ1n) is 6.83. The molecule has 2 aliphatic rings. The summed E-state index contributed by atoms with van der Waals surface area (Å²) < 4.78 is 5.86. The van der Waals surface area contributed by atoms with Gasteiger partial charge in [0.1, 0.15) is 0 Å². The van der Waals surface area contributed by atoms with Gasteiger partial charge in [0.2, 0.25) is 0 Å². The van der Waals surface area contributed by atoms with Crippen molar-refractivity contribution in [3.63, 3.8) is 0 Å². The van der Waals surface area contributed by atoms with Crippen LogP contribution in [0.1, 0.15) is 36.5 Å². The summed E-state index contributed by atoms with van der Waals surface area (Å²) in [7, 11) is 0. The zero-order chi connectivity index (χ0) is 11.5. The molecular formula is C15H21NO. The molecule has 1 saturated carbocycles. The maximum Gasteiger partial charge on any atom is 0.0952 e. The van der Waals surface area contributed by atoms with Gasteiger partial charge in [-0.15, -0.1) is 0 Å². The highest BCUT2D eigenvalue weighted by Crippen LogP contribution is 2.32. The second-order valence-electron chi connectivity index (χ2n) is 5.24. The Hall–Kier alpha value is -0.860. The second kappa shape index (κ2) is 5.19. The first-order chi connectivity index (χ1) is 8.43. The number of fused-ring (bicyclic) bond motifs is 1. The van der Waals surface area contributed by atoms with Crippen LogP contribution in [0.4, 0.5) is 0 Å². The molecule has 0 spiro atoms. The van der Waals surface area contributed by atoms with Crippen LogP contribution in [0.25, 0.3) is 0 Å². The van der Waals surface area contributed by atoms with Gasteiger partial charge in [-0.1, -0.05) is 37.1 Å². The van der Waals surface area contributed by atoms with Crippen LogP contribution < -0.4 is 5.32 Å². The lowest BCUT2D eigenvalue weighted by Gasteiger charge is -2.26. The summed E-state index contributed by atoms with van der Waals surface area (Å²) in [5.74, 6) is 1.02. The van der Waals surface area contributed by atoms with E-state index in [1.165, 1.54) is 30.4 Å². The van der Waals surface area contributed by atoms with Gasteiger partial charge in [0.25, 0.3) is 0 Å². The van der Waals surface area contributed by atoms with Gasteiger partial charge >= 0.3 is 0 Å². The first kappa shape index (κ1) is 11.2. The molecule has 1 aliphatic heterocycles. The number of benzene rings is 1. The summed E-state index contributed by atoms with van der Waals surface area (Å²) in [6.45, 7) is 2.97. The monoisotopic (exact) mass is 231 g/mol. The van der Waals surface area contributed by atoms with E-state index in [1.807, 2.05) is 0 Å². The Morgan fingerprint density at radius 1 is 1.24 bits per heavy atom. The highest BCUT2D eigenvalue weighted by molar-refractivity contribution is 5.31. The molecule has 1 N–H and O–H groups in total. The van der Waals surface area contributed by atoms with Crippen molar-refractivity contribution in [3.05, 3.63) is 35.4 Å². The van der Waals surface area contributed by atoms with Crippen molar-refractivity contribution in [2.75, 3.05) is 19.7 Å². The molecule has 0 amide bonds. The summed E-state index contributed by atoms with van der Waals surface area (Å²) in [5, 5.41) is 3.54. The van der Waals surface area contributed by atoms with Crippen LogP contribution in [0.15, 0.2) is 24.3 Å². The molecule has 1 heterocycles. The van der Waals surface area contributed by atoms with Crippen LogP contribution in [-0.2, 0) is 11.2 Å². The Morgan fingerprint density at radius 3 is 3.00 bits per heavy atom. The van der Waals surface area contributed by atoms with Gasteiger partial charge in [-0.2, -0.15) is 0 Å². The maximum atomic E-state index is 5.86. The number of hydrogen-bond acceptors (Lipinski definition) is 2. The van der Waals surface area contributed by atoms with Gasteiger partial charge < -0.3 is 10.1 Å². The zero-order valence-electron chi connectivity index (χ0n) is 10.3. The van der Waals surface area contributed by atoms with Crippen molar-refractivity contribution in [1.29, 1.82) is 0 Å². The molecule has 1 unspecified atom stereocenters. The van der Waals surface area contributed by atoms with E-state index in [4.69, 9.17) is 4.74 Å². The Bertz CT molecular complexity index is 373. The van der Waals surface area contributed by atoms with Gasteiger partial charge in [-0.05, 0) is 36.4 Å². The van der Waals surface area contributed by atoms with Crippen molar-refractivity contribution >= 4 is 0 Å². The van der Waals surface area contributed by atoms with E-state index in [2.05, 4.69) is 29.6 Å². The van der Waals surface area contributed by atoms with Crippen LogP contribution >= 0.6 is 0 Å². The predicted octanol–water partition coefficient (Wildman–Crippen LogP) is 2.69.